The molecule has 0 N–H and O–H groups in total. The molecule has 0 amide bonds. The third-order valence-corrected chi connectivity index (χ3v) is 3.69. The topological polar surface area (TPSA) is 34.1 Å². The first-order chi connectivity index (χ1) is 10.0. The quantitative estimate of drug-likeness (QED) is 0.615. The number of ketones is 2. The Morgan fingerprint density at radius 3 is 2.33 bits per heavy atom. The number of rotatable bonds is 5. The van der Waals surface area contributed by atoms with Crippen molar-refractivity contribution in [1.29, 1.82) is 0 Å². The lowest BCUT2D eigenvalue weighted by Gasteiger charge is -2.14. The number of benzene rings is 2. The molecule has 0 radical (unpaired) electrons. The Kier molecular flexibility index (Phi) is 4.86. The summed E-state index contributed by atoms with van der Waals surface area (Å²) in [5.74, 6) is -2.05. The minimum atomic E-state index is -0.929. The predicted molar refractivity (Wildman–Crippen MR) is 80.1 cm³/mol. The van der Waals surface area contributed by atoms with Crippen LogP contribution >= 0.6 is 11.6 Å². The van der Waals surface area contributed by atoms with E-state index in [1.165, 1.54) is 19.1 Å². The number of halogens is 2. The van der Waals surface area contributed by atoms with Crippen LogP contribution < -0.4 is 0 Å². The zero-order chi connectivity index (χ0) is 15.4. The first kappa shape index (κ1) is 15.4. The summed E-state index contributed by atoms with van der Waals surface area (Å²) in [5, 5.41) is 0.224. The van der Waals surface area contributed by atoms with Crippen LogP contribution in [0.4, 0.5) is 4.39 Å². The van der Waals surface area contributed by atoms with E-state index in [9.17, 15) is 14.0 Å². The van der Waals surface area contributed by atoms with Crippen molar-refractivity contribution in [3.05, 3.63) is 70.5 Å². The second kappa shape index (κ2) is 6.64. The van der Waals surface area contributed by atoms with E-state index in [0.717, 1.165) is 0 Å². The molecule has 0 saturated carbocycles. The van der Waals surface area contributed by atoms with E-state index < -0.39 is 11.7 Å². The zero-order valence-electron chi connectivity index (χ0n) is 11.5. The minimum Gasteiger partial charge on any atom is -0.299 e. The lowest BCUT2D eigenvalue weighted by molar-refractivity contribution is -0.119. The number of Topliss-reactive ketones (excluding diaryl/α,β-unsaturated/α-hetero) is 2. The van der Waals surface area contributed by atoms with E-state index in [-0.39, 0.29) is 28.6 Å². The largest absolute Gasteiger partial charge is 0.299 e. The van der Waals surface area contributed by atoms with Gasteiger partial charge in [-0.1, -0.05) is 48.0 Å². The van der Waals surface area contributed by atoms with Crippen LogP contribution in [0.25, 0.3) is 0 Å². The van der Waals surface area contributed by atoms with Gasteiger partial charge in [0.15, 0.2) is 5.78 Å². The van der Waals surface area contributed by atoms with Gasteiger partial charge in [-0.2, -0.15) is 0 Å². The van der Waals surface area contributed by atoms with Gasteiger partial charge in [-0.05, 0) is 25.5 Å². The molecule has 0 saturated heterocycles. The van der Waals surface area contributed by atoms with E-state index in [4.69, 9.17) is 11.6 Å². The molecule has 0 aliphatic rings. The van der Waals surface area contributed by atoms with Crippen molar-refractivity contribution in [2.45, 2.75) is 13.3 Å². The highest BCUT2D eigenvalue weighted by Crippen LogP contribution is 2.24. The van der Waals surface area contributed by atoms with Crippen LogP contribution in [0.3, 0.4) is 0 Å². The van der Waals surface area contributed by atoms with Crippen LogP contribution in [-0.4, -0.2) is 11.6 Å². The Morgan fingerprint density at radius 2 is 1.76 bits per heavy atom. The summed E-state index contributed by atoms with van der Waals surface area (Å²) < 4.78 is 13.8. The Morgan fingerprint density at radius 1 is 1.10 bits per heavy atom. The van der Waals surface area contributed by atoms with Crippen molar-refractivity contribution in [1.82, 2.24) is 0 Å². The van der Waals surface area contributed by atoms with Crippen LogP contribution in [0.1, 0.15) is 22.8 Å². The Balaban J connectivity index is 2.33. The molecule has 4 heteroatoms. The molecule has 2 aromatic rings. The molecule has 0 spiro atoms. The highest BCUT2D eigenvalue weighted by Gasteiger charge is 2.26. The number of hydrogen-bond acceptors (Lipinski definition) is 2. The van der Waals surface area contributed by atoms with Crippen molar-refractivity contribution in [2.75, 3.05) is 0 Å². The molecule has 0 bridgehead atoms. The molecule has 21 heavy (non-hydrogen) atoms. The van der Waals surface area contributed by atoms with Gasteiger partial charge >= 0.3 is 0 Å². The highest BCUT2D eigenvalue weighted by molar-refractivity contribution is 6.31. The number of hydrogen-bond donors (Lipinski definition) is 0. The Hall–Kier alpha value is -2.00. The first-order valence-electron chi connectivity index (χ1n) is 6.53. The molecule has 0 heterocycles. The third-order valence-electron chi connectivity index (χ3n) is 3.34. The molecule has 0 aromatic heterocycles. The van der Waals surface area contributed by atoms with Gasteiger partial charge in [0, 0.05) is 16.1 Å². The predicted octanol–water partition coefficient (Wildman–Crippen LogP) is 4.11. The molecule has 0 aliphatic carbocycles. The fraction of sp³-hybridized carbons (Fsp3) is 0.176. The summed E-state index contributed by atoms with van der Waals surface area (Å²) >= 11 is 5.97. The van der Waals surface area contributed by atoms with Gasteiger partial charge in [-0.25, -0.2) is 4.39 Å². The number of carbonyl (C=O) groups is 2. The van der Waals surface area contributed by atoms with Gasteiger partial charge < -0.3 is 0 Å². The van der Waals surface area contributed by atoms with Crippen molar-refractivity contribution in [3.8, 4) is 0 Å². The monoisotopic (exact) mass is 304 g/mol. The third kappa shape index (κ3) is 3.56. The molecule has 108 valence electrons. The first-order valence-corrected chi connectivity index (χ1v) is 6.91. The number of carbonyl (C=O) groups excluding carboxylic acids is 2. The smallest absolute Gasteiger partial charge is 0.173 e. The molecule has 2 rings (SSSR count). The molecular formula is C17H14ClFO2. The molecule has 2 nitrogen and oxygen atoms in total. The minimum absolute atomic E-state index is 0.0332. The zero-order valence-corrected chi connectivity index (χ0v) is 12.2. The Labute approximate surface area is 127 Å². The molecule has 2 aromatic carbocycles. The van der Waals surface area contributed by atoms with E-state index in [1.807, 2.05) is 0 Å². The molecule has 0 fully saturated rings. The maximum atomic E-state index is 13.8. The van der Waals surface area contributed by atoms with Gasteiger partial charge in [-0.15, -0.1) is 0 Å². The van der Waals surface area contributed by atoms with E-state index >= 15 is 0 Å². The van der Waals surface area contributed by atoms with Crippen molar-refractivity contribution < 1.29 is 14.0 Å². The van der Waals surface area contributed by atoms with Gasteiger partial charge in [-0.3, -0.25) is 9.59 Å². The lowest BCUT2D eigenvalue weighted by Crippen LogP contribution is -2.25. The van der Waals surface area contributed by atoms with Gasteiger partial charge in [0.25, 0.3) is 0 Å². The van der Waals surface area contributed by atoms with Crippen LogP contribution in [-0.2, 0) is 11.2 Å². The summed E-state index contributed by atoms with van der Waals surface area (Å²) in [6.07, 6.45) is -0.0332. The lowest BCUT2D eigenvalue weighted by atomic mass is 9.88. The second-order valence-electron chi connectivity index (χ2n) is 4.80. The normalized spacial score (nSPS) is 12.0. The molecule has 0 unspecified atom stereocenters. The fourth-order valence-electron chi connectivity index (χ4n) is 2.16. The summed E-state index contributed by atoms with van der Waals surface area (Å²) in [6.45, 7) is 1.33. The van der Waals surface area contributed by atoms with Gasteiger partial charge in [0.05, 0.1) is 5.92 Å². The van der Waals surface area contributed by atoms with Crippen LogP contribution in [0.15, 0.2) is 48.5 Å². The van der Waals surface area contributed by atoms with Crippen molar-refractivity contribution >= 4 is 23.2 Å². The second-order valence-corrected chi connectivity index (χ2v) is 5.21. The average molecular weight is 305 g/mol. The Bertz CT molecular complexity index is 647. The summed E-state index contributed by atoms with van der Waals surface area (Å²) in [4.78, 5) is 24.2. The van der Waals surface area contributed by atoms with Gasteiger partial charge in [0.2, 0.25) is 0 Å². The SMILES string of the molecule is CC(=O)[C@H](Cc1c(F)cccc1Cl)C(=O)c1ccccc1. The maximum Gasteiger partial charge on any atom is 0.173 e. The standard InChI is InChI=1S/C17H14ClFO2/c1-11(20)13(17(21)12-6-3-2-4-7-12)10-14-15(18)8-5-9-16(14)19/h2-9,13H,10H2,1H3/t13-/m0/s1. The van der Waals surface area contributed by atoms with Crippen LogP contribution in [0, 0.1) is 11.7 Å². The average Bonchev–Trinajstić information content (AvgIpc) is 2.47. The van der Waals surface area contributed by atoms with Crippen molar-refractivity contribution in [3.63, 3.8) is 0 Å². The summed E-state index contributed by atoms with van der Waals surface area (Å²) in [7, 11) is 0. The molecule has 1 atom stereocenters. The molecule has 0 aliphatic heterocycles. The molecular weight excluding hydrogens is 291 g/mol. The van der Waals surface area contributed by atoms with Gasteiger partial charge in [0.1, 0.15) is 11.6 Å². The van der Waals surface area contributed by atoms with E-state index in [0.29, 0.717) is 5.56 Å². The fourth-order valence-corrected chi connectivity index (χ4v) is 2.40. The summed E-state index contributed by atoms with van der Waals surface area (Å²) in [5.41, 5.74) is 0.633. The summed E-state index contributed by atoms with van der Waals surface area (Å²) in [6, 6.07) is 12.8. The van der Waals surface area contributed by atoms with Crippen LogP contribution in [0.2, 0.25) is 5.02 Å². The highest BCUT2D eigenvalue weighted by atomic mass is 35.5. The van der Waals surface area contributed by atoms with Crippen LogP contribution in [0.5, 0.6) is 0 Å². The van der Waals surface area contributed by atoms with E-state index in [1.54, 1.807) is 36.4 Å². The maximum absolute atomic E-state index is 13.8. The van der Waals surface area contributed by atoms with Crippen molar-refractivity contribution in [2.24, 2.45) is 5.92 Å². The van der Waals surface area contributed by atoms with E-state index in [2.05, 4.69) is 0 Å².